The van der Waals surface area contributed by atoms with Crippen LogP contribution in [0.25, 0.3) is 0 Å². The molecule has 1 aliphatic rings. The largest absolute Gasteiger partial charge is 0.307 e. The zero-order valence-electron chi connectivity index (χ0n) is 9.93. The lowest BCUT2D eigenvalue weighted by Gasteiger charge is -2.33. The zero-order chi connectivity index (χ0) is 11.4. The SMILES string of the molecule is CCC1(c2ccc(Br)cc2)CCCCCN1. The second-order valence-corrected chi connectivity index (χ2v) is 5.60. The highest BCUT2D eigenvalue weighted by Gasteiger charge is 2.30. The molecule has 2 heteroatoms. The highest BCUT2D eigenvalue weighted by atomic mass is 79.9. The molecule has 1 fully saturated rings. The van der Waals surface area contributed by atoms with Crippen molar-refractivity contribution >= 4 is 15.9 Å². The first kappa shape index (κ1) is 12.1. The van der Waals surface area contributed by atoms with E-state index < -0.39 is 0 Å². The third kappa shape index (κ3) is 2.49. The van der Waals surface area contributed by atoms with Crippen molar-refractivity contribution in [1.82, 2.24) is 5.32 Å². The molecule has 1 aromatic carbocycles. The van der Waals surface area contributed by atoms with Gasteiger partial charge in [0.15, 0.2) is 0 Å². The molecule has 0 saturated carbocycles. The Labute approximate surface area is 107 Å². The molecule has 0 aromatic heterocycles. The van der Waals surface area contributed by atoms with E-state index in [0.717, 1.165) is 11.0 Å². The van der Waals surface area contributed by atoms with Crippen LogP contribution in [0.2, 0.25) is 0 Å². The van der Waals surface area contributed by atoms with Crippen molar-refractivity contribution in [2.45, 2.75) is 44.6 Å². The van der Waals surface area contributed by atoms with Crippen molar-refractivity contribution in [3.63, 3.8) is 0 Å². The predicted octanol–water partition coefficient (Wildman–Crippen LogP) is 4.22. The highest BCUT2D eigenvalue weighted by Crippen LogP contribution is 2.33. The third-order valence-corrected chi connectivity index (χ3v) is 4.27. The Bertz CT molecular complexity index is 323. The lowest BCUT2D eigenvalue weighted by atomic mass is 9.83. The van der Waals surface area contributed by atoms with Crippen LogP contribution in [-0.4, -0.2) is 6.54 Å². The van der Waals surface area contributed by atoms with Crippen molar-refractivity contribution in [1.29, 1.82) is 0 Å². The van der Waals surface area contributed by atoms with Gasteiger partial charge < -0.3 is 5.32 Å². The molecule has 1 unspecified atom stereocenters. The summed E-state index contributed by atoms with van der Waals surface area (Å²) in [6, 6.07) is 8.82. The number of benzene rings is 1. The molecule has 1 saturated heterocycles. The highest BCUT2D eigenvalue weighted by molar-refractivity contribution is 9.10. The summed E-state index contributed by atoms with van der Waals surface area (Å²) in [5, 5.41) is 3.77. The number of hydrogen-bond donors (Lipinski definition) is 1. The van der Waals surface area contributed by atoms with Gasteiger partial charge in [-0.25, -0.2) is 0 Å². The van der Waals surface area contributed by atoms with Gasteiger partial charge >= 0.3 is 0 Å². The van der Waals surface area contributed by atoms with Crippen LogP contribution in [0.15, 0.2) is 28.7 Å². The summed E-state index contributed by atoms with van der Waals surface area (Å²) in [6.07, 6.45) is 6.47. The van der Waals surface area contributed by atoms with Crippen molar-refractivity contribution in [2.75, 3.05) is 6.54 Å². The van der Waals surface area contributed by atoms with E-state index in [2.05, 4.69) is 52.4 Å². The Morgan fingerprint density at radius 1 is 1.19 bits per heavy atom. The van der Waals surface area contributed by atoms with Crippen LogP contribution in [0, 0.1) is 0 Å². The van der Waals surface area contributed by atoms with Gasteiger partial charge in [0.1, 0.15) is 0 Å². The summed E-state index contributed by atoms with van der Waals surface area (Å²) >= 11 is 3.50. The van der Waals surface area contributed by atoms with Crippen molar-refractivity contribution in [2.24, 2.45) is 0 Å². The van der Waals surface area contributed by atoms with Gasteiger partial charge in [-0.3, -0.25) is 0 Å². The smallest absolute Gasteiger partial charge is 0.0432 e. The van der Waals surface area contributed by atoms with Crippen LogP contribution in [-0.2, 0) is 5.54 Å². The van der Waals surface area contributed by atoms with Crippen LogP contribution >= 0.6 is 15.9 Å². The number of hydrogen-bond acceptors (Lipinski definition) is 1. The average molecular weight is 282 g/mol. The molecule has 1 aliphatic heterocycles. The molecule has 0 bridgehead atoms. The molecule has 88 valence electrons. The van der Waals surface area contributed by atoms with Gasteiger partial charge in [0.2, 0.25) is 0 Å². The summed E-state index contributed by atoms with van der Waals surface area (Å²) in [7, 11) is 0. The quantitative estimate of drug-likeness (QED) is 0.856. The molecular formula is C14H20BrN. The van der Waals surface area contributed by atoms with Crippen molar-refractivity contribution in [3.8, 4) is 0 Å². The lowest BCUT2D eigenvalue weighted by Crippen LogP contribution is -2.41. The molecule has 1 heterocycles. The van der Waals surface area contributed by atoms with Gasteiger partial charge in [-0.05, 0) is 43.5 Å². The third-order valence-electron chi connectivity index (χ3n) is 3.74. The van der Waals surface area contributed by atoms with Gasteiger partial charge in [-0.1, -0.05) is 47.8 Å². The van der Waals surface area contributed by atoms with Crippen molar-refractivity contribution < 1.29 is 0 Å². The maximum Gasteiger partial charge on any atom is 0.0432 e. The molecule has 0 amide bonds. The first-order valence-electron chi connectivity index (χ1n) is 6.28. The van der Waals surface area contributed by atoms with Gasteiger partial charge in [-0.15, -0.1) is 0 Å². The fourth-order valence-electron chi connectivity index (χ4n) is 2.67. The molecule has 0 radical (unpaired) electrons. The number of rotatable bonds is 2. The normalized spacial score (nSPS) is 26.4. The maximum absolute atomic E-state index is 3.77. The molecule has 2 rings (SSSR count). The topological polar surface area (TPSA) is 12.0 Å². The van der Waals surface area contributed by atoms with Crippen LogP contribution < -0.4 is 5.32 Å². The Balaban J connectivity index is 2.28. The Morgan fingerprint density at radius 2 is 1.94 bits per heavy atom. The first-order valence-corrected chi connectivity index (χ1v) is 7.07. The molecule has 0 aliphatic carbocycles. The Kier molecular flexibility index (Phi) is 4.04. The molecule has 1 nitrogen and oxygen atoms in total. The van der Waals surface area contributed by atoms with E-state index in [0.29, 0.717) is 0 Å². The van der Waals surface area contributed by atoms with Crippen LogP contribution in [0.1, 0.15) is 44.6 Å². The summed E-state index contributed by atoms with van der Waals surface area (Å²) < 4.78 is 1.16. The van der Waals surface area contributed by atoms with Crippen molar-refractivity contribution in [3.05, 3.63) is 34.3 Å². The predicted molar refractivity (Wildman–Crippen MR) is 72.6 cm³/mol. The summed E-state index contributed by atoms with van der Waals surface area (Å²) in [6.45, 7) is 3.45. The Hall–Kier alpha value is -0.340. The van der Waals surface area contributed by atoms with E-state index in [1.54, 1.807) is 0 Å². The molecule has 1 N–H and O–H groups in total. The van der Waals surface area contributed by atoms with E-state index in [9.17, 15) is 0 Å². The zero-order valence-corrected chi connectivity index (χ0v) is 11.5. The van der Waals surface area contributed by atoms with Gasteiger partial charge in [0.05, 0.1) is 0 Å². The minimum Gasteiger partial charge on any atom is -0.307 e. The van der Waals surface area contributed by atoms with Crippen LogP contribution in [0.4, 0.5) is 0 Å². The van der Waals surface area contributed by atoms with Gasteiger partial charge in [0.25, 0.3) is 0 Å². The van der Waals surface area contributed by atoms with Gasteiger partial charge in [0, 0.05) is 10.0 Å². The summed E-state index contributed by atoms with van der Waals surface area (Å²) in [5.74, 6) is 0. The average Bonchev–Trinajstić information content (AvgIpc) is 2.56. The second kappa shape index (κ2) is 5.33. The van der Waals surface area contributed by atoms with E-state index in [1.165, 1.54) is 37.7 Å². The van der Waals surface area contributed by atoms with E-state index in [1.807, 2.05) is 0 Å². The summed E-state index contributed by atoms with van der Waals surface area (Å²) in [5.41, 5.74) is 1.66. The first-order chi connectivity index (χ1) is 7.77. The molecule has 16 heavy (non-hydrogen) atoms. The van der Waals surface area contributed by atoms with E-state index in [-0.39, 0.29) is 5.54 Å². The standard InChI is InChI=1S/C14H20BrN/c1-2-14(10-4-3-5-11-16-14)12-6-8-13(15)9-7-12/h6-9,16H,2-5,10-11H2,1H3. The maximum atomic E-state index is 3.77. The minimum atomic E-state index is 0.219. The lowest BCUT2D eigenvalue weighted by molar-refractivity contribution is 0.312. The number of halogens is 1. The monoisotopic (exact) mass is 281 g/mol. The molecule has 0 spiro atoms. The molecule has 1 aromatic rings. The fourth-order valence-corrected chi connectivity index (χ4v) is 2.93. The minimum absolute atomic E-state index is 0.219. The van der Waals surface area contributed by atoms with Gasteiger partial charge in [-0.2, -0.15) is 0 Å². The Morgan fingerprint density at radius 3 is 2.62 bits per heavy atom. The van der Waals surface area contributed by atoms with Crippen LogP contribution in [0.3, 0.4) is 0 Å². The number of nitrogens with one attached hydrogen (secondary N) is 1. The van der Waals surface area contributed by atoms with Crippen LogP contribution in [0.5, 0.6) is 0 Å². The van der Waals surface area contributed by atoms with E-state index >= 15 is 0 Å². The summed E-state index contributed by atoms with van der Waals surface area (Å²) in [4.78, 5) is 0. The molecule has 1 atom stereocenters. The second-order valence-electron chi connectivity index (χ2n) is 4.68. The van der Waals surface area contributed by atoms with E-state index in [4.69, 9.17) is 0 Å². The molecular weight excluding hydrogens is 262 g/mol. The fraction of sp³-hybridized carbons (Fsp3) is 0.571.